The molecule has 0 bridgehead atoms. The molecule has 0 atom stereocenters. The molecule has 184 valence electrons. The number of carbonyl (C=O) groups is 3. The summed E-state index contributed by atoms with van der Waals surface area (Å²) in [6.07, 6.45) is 1.71. The van der Waals surface area contributed by atoms with Crippen molar-refractivity contribution >= 4 is 17.7 Å². The Morgan fingerprint density at radius 2 is 1.74 bits per heavy atom. The second kappa shape index (κ2) is 10.9. The van der Waals surface area contributed by atoms with Crippen molar-refractivity contribution in [1.82, 2.24) is 9.47 Å². The molecule has 1 aromatic heterocycles. The van der Waals surface area contributed by atoms with E-state index < -0.39 is 29.4 Å². The summed E-state index contributed by atoms with van der Waals surface area (Å²) in [5.74, 6) is -2.78. The van der Waals surface area contributed by atoms with Crippen LogP contribution in [0.15, 0.2) is 24.3 Å². The molecule has 1 aliphatic heterocycles. The van der Waals surface area contributed by atoms with Crippen LogP contribution in [-0.4, -0.2) is 46.8 Å². The summed E-state index contributed by atoms with van der Waals surface area (Å²) < 4.78 is 34.4. The number of hydrogen-bond donors (Lipinski definition) is 0. The third-order valence-electron chi connectivity index (χ3n) is 6.43. The first-order valence-electron chi connectivity index (χ1n) is 11.7. The smallest absolute Gasteiger partial charge is 0.309 e. The van der Waals surface area contributed by atoms with Gasteiger partial charge in [-0.25, -0.2) is 8.78 Å². The number of ketones is 1. The number of halogens is 2. The molecular formula is C26H32F2N2O4. The maximum absolute atomic E-state index is 13.9. The van der Waals surface area contributed by atoms with E-state index >= 15 is 0 Å². The van der Waals surface area contributed by atoms with Gasteiger partial charge in [-0.1, -0.05) is 13.8 Å². The topological polar surface area (TPSA) is 68.6 Å². The Balaban J connectivity index is 1.51. The minimum Gasteiger partial charge on any atom is -0.457 e. The number of esters is 1. The van der Waals surface area contributed by atoms with Crippen molar-refractivity contribution in [2.75, 3.05) is 19.7 Å². The molecule has 1 amide bonds. The van der Waals surface area contributed by atoms with E-state index in [1.165, 1.54) is 4.90 Å². The van der Waals surface area contributed by atoms with Crippen molar-refractivity contribution in [3.8, 4) is 0 Å². The van der Waals surface area contributed by atoms with Crippen LogP contribution < -0.4 is 0 Å². The van der Waals surface area contributed by atoms with Gasteiger partial charge in [0.25, 0.3) is 5.91 Å². The lowest BCUT2D eigenvalue weighted by atomic mass is 9.96. The van der Waals surface area contributed by atoms with Gasteiger partial charge in [-0.05, 0) is 57.2 Å². The number of nitrogens with zero attached hydrogens (tertiary/aromatic N) is 2. The van der Waals surface area contributed by atoms with Gasteiger partial charge in [0.15, 0.2) is 6.61 Å². The number of aryl methyl sites for hydroxylation is 1. The first-order chi connectivity index (χ1) is 16.1. The molecule has 0 saturated carbocycles. The molecule has 1 aromatic carbocycles. The molecule has 3 rings (SSSR count). The Kier molecular flexibility index (Phi) is 8.23. The van der Waals surface area contributed by atoms with Crippen LogP contribution in [0.5, 0.6) is 0 Å². The molecule has 0 aliphatic carbocycles. The average Bonchev–Trinajstić information content (AvgIpc) is 3.08. The first-order valence-corrected chi connectivity index (χ1v) is 11.7. The number of likely N-dealkylation sites (tertiary alicyclic amines) is 1. The number of rotatable bonds is 8. The second-order valence-corrected chi connectivity index (χ2v) is 9.34. The molecule has 2 aromatic rings. The van der Waals surface area contributed by atoms with Crippen LogP contribution in [0.3, 0.4) is 0 Å². The molecule has 34 heavy (non-hydrogen) atoms. The second-order valence-electron chi connectivity index (χ2n) is 9.34. The number of ether oxygens (including phenoxy) is 1. The maximum Gasteiger partial charge on any atom is 0.309 e. The van der Waals surface area contributed by atoms with E-state index in [-0.39, 0.29) is 31.0 Å². The van der Waals surface area contributed by atoms with Crippen LogP contribution in [-0.2, 0) is 16.1 Å². The highest BCUT2D eigenvalue weighted by Gasteiger charge is 2.30. The summed E-state index contributed by atoms with van der Waals surface area (Å²) in [5, 5.41) is 0. The Hall–Kier alpha value is -3.03. The van der Waals surface area contributed by atoms with Crippen LogP contribution in [0.2, 0.25) is 0 Å². The largest absolute Gasteiger partial charge is 0.457 e. The minimum absolute atomic E-state index is 0.195. The van der Waals surface area contributed by atoms with Crippen molar-refractivity contribution in [3.05, 3.63) is 58.4 Å². The van der Waals surface area contributed by atoms with E-state index in [0.717, 1.165) is 36.5 Å². The number of aromatic nitrogens is 1. The molecular weight excluding hydrogens is 442 g/mol. The number of hydrogen-bond acceptors (Lipinski definition) is 4. The monoisotopic (exact) mass is 474 g/mol. The minimum atomic E-state index is -0.909. The predicted molar refractivity (Wildman–Crippen MR) is 124 cm³/mol. The fourth-order valence-electron chi connectivity index (χ4n) is 4.30. The van der Waals surface area contributed by atoms with E-state index in [1.807, 2.05) is 19.9 Å². The van der Waals surface area contributed by atoms with Crippen LogP contribution in [0.4, 0.5) is 8.78 Å². The summed E-state index contributed by atoms with van der Waals surface area (Å²) in [5.41, 5.74) is 2.25. The van der Waals surface area contributed by atoms with Crippen LogP contribution in [0, 0.1) is 37.3 Å². The molecule has 0 unspecified atom stereocenters. The molecule has 6 nitrogen and oxygen atoms in total. The number of benzene rings is 1. The summed E-state index contributed by atoms with van der Waals surface area (Å²) in [4.78, 5) is 39.2. The lowest BCUT2D eigenvalue weighted by Gasteiger charge is -2.31. The van der Waals surface area contributed by atoms with Crippen molar-refractivity contribution in [1.29, 1.82) is 0 Å². The van der Waals surface area contributed by atoms with Gasteiger partial charge in [0.05, 0.1) is 11.5 Å². The number of Topliss-reactive ketones (excluding diaryl/α,β-unsaturated/α-hetero) is 1. The SMILES string of the molecule is Cc1cc(C(=O)COC(=O)C2CCN(C(=O)c3ccc(F)cc3F)CC2)c(C)n1CCC(C)C. The number of piperidine rings is 1. The zero-order valence-electron chi connectivity index (χ0n) is 20.2. The lowest BCUT2D eigenvalue weighted by molar-refractivity contribution is -0.148. The quantitative estimate of drug-likeness (QED) is 0.411. The standard InChI is InChI=1S/C26H32F2N2O4/c1-16(2)7-12-30-17(3)13-22(18(30)4)24(31)15-34-26(33)19-8-10-29(11-9-19)25(32)21-6-5-20(27)14-23(21)28/h5-6,13-14,16,19H,7-12,15H2,1-4H3. The molecule has 8 heteroatoms. The Morgan fingerprint density at radius 1 is 1.06 bits per heavy atom. The van der Waals surface area contributed by atoms with Gasteiger partial charge in [0, 0.05) is 42.7 Å². The molecule has 1 aliphatic rings. The van der Waals surface area contributed by atoms with Crippen molar-refractivity contribution in [2.45, 2.75) is 53.5 Å². The number of carbonyl (C=O) groups excluding carboxylic acids is 3. The fourth-order valence-corrected chi connectivity index (χ4v) is 4.30. The first kappa shape index (κ1) is 25.6. The zero-order chi connectivity index (χ0) is 25.0. The summed E-state index contributed by atoms with van der Waals surface area (Å²) in [6.45, 7) is 9.18. The van der Waals surface area contributed by atoms with Crippen LogP contribution in [0.1, 0.15) is 65.2 Å². The van der Waals surface area contributed by atoms with E-state index in [4.69, 9.17) is 4.74 Å². The summed E-state index contributed by atoms with van der Waals surface area (Å²) in [7, 11) is 0. The Bertz CT molecular complexity index is 1070. The van der Waals surface area contributed by atoms with Gasteiger partial charge in [0.1, 0.15) is 11.6 Å². The summed E-state index contributed by atoms with van der Waals surface area (Å²) in [6, 6.07) is 4.68. The van der Waals surface area contributed by atoms with E-state index in [2.05, 4.69) is 18.4 Å². The van der Waals surface area contributed by atoms with Gasteiger partial charge < -0.3 is 14.2 Å². The Labute approximate surface area is 198 Å². The molecule has 0 spiro atoms. The van der Waals surface area contributed by atoms with Crippen molar-refractivity contribution in [3.63, 3.8) is 0 Å². The normalized spacial score (nSPS) is 14.5. The van der Waals surface area contributed by atoms with Gasteiger partial charge in [-0.3, -0.25) is 14.4 Å². The molecule has 0 N–H and O–H groups in total. The zero-order valence-corrected chi connectivity index (χ0v) is 20.2. The van der Waals surface area contributed by atoms with Gasteiger partial charge in [0.2, 0.25) is 5.78 Å². The maximum atomic E-state index is 13.9. The van der Waals surface area contributed by atoms with E-state index in [9.17, 15) is 23.2 Å². The van der Waals surface area contributed by atoms with E-state index in [1.54, 1.807) is 0 Å². The van der Waals surface area contributed by atoms with Crippen molar-refractivity contribution in [2.24, 2.45) is 11.8 Å². The molecule has 2 heterocycles. The van der Waals surface area contributed by atoms with Crippen molar-refractivity contribution < 1.29 is 27.9 Å². The number of amides is 1. The average molecular weight is 475 g/mol. The highest BCUT2D eigenvalue weighted by molar-refractivity contribution is 5.99. The van der Waals surface area contributed by atoms with Crippen LogP contribution in [0.25, 0.3) is 0 Å². The third-order valence-corrected chi connectivity index (χ3v) is 6.43. The predicted octanol–water partition coefficient (Wildman–Crippen LogP) is 4.71. The molecule has 1 saturated heterocycles. The Morgan fingerprint density at radius 3 is 2.35 bits per heavy atom. The lowest BCUT2D eigenvalue weighted by Crippen LogP contribution is -2.41. The highest BCUT2D eigenvalue weighted by atomic mass is 19.1. The van der Waals surface area contributed by atoms with Gasteiger partial charge in [-0.15, -0.1) is 0 Å². The fraction of sp³-hybridized carbons (Fsp3) is 0.500. The highest BCUT2D eigenvalue weighted by Crippen LogP contribution is 2.22. The summed E-state index contributed by atoms with van der Waals surface area (Å²) >= 11 is 0. The van der Waals surface area contributed by atoms with Gasteiger partial charge >= 0.3 is 5.97 Å². The van der Waals surface area contributed by atoms with E-state index in [0.29, 0.717) is 30.4 Å². The molecule has 0 radical (unpaired) electrons. The third kappa shape index (κ3) is 5.90. The molecule has 1 fully saturated rings. The van der Waals surface area contributed by atoms with Crippen LogP contribution >= 0.6 is 0 Å². The van der Waals surface area contributed by atoms with Gasteiger partial charge in [-0.2, -0.15) is 0 Å².